The van der Waals surface area contributed by atoms with E-state index in [2.05, 4.69) is 59.7 Å². The summed E-state index contributed by atoms with van der Waals surface area (Å²) < 4.78 is 6.79. The van der Waals surface area contributed by atoms with Gasteiger partial charge in [0, 0.05) is 6.04 Å². The van der Waals surface area contributed by atoms with Gasteiger partial charge in [0.15, 0.2) is 0 Å². The Kier molecular flexibility index (Phi) is 13.8. The molecule has 0 heterocycles. The third-order valence-electron chi connectivity index (χ3n) is 3.52. The first kappa shape index (κ1) is 27.6. The number of nitrogens with one attached hydrogen (secondary N) is 1. The van der Waals surface area contributed by atoms with Crippen LogP contribution >= 0.6 is 0 Å². The van der Waals surface area contributed by atoms with E-state index in [1.54, 1.807) is 0 Å². The maximum atomic E-state index is 11.6. The van der Waals surface area contributed by atoms with E-state index in [1.807, 2.05) is 25.1 Å². The van der Waals surface area contributed by atoms with E-state index in [9.17, 15) is 4.79 Å². The summed E-state index contributed by atoms with van der Waals surface area (Å²) in [5.74, 6) is 0. The van der Waals surface area contributed by atoms with Crippen LogP contribution in [0, 0.1) is 0 Å². The van der Waals surface area contributed by atoms with Crippen LogP contribution in [-0.2, 0) is 11.2 Å². The van der Waals surface area contributed by atoms with E-state index in [-0.39, 0.29) is 26.2 Å². The van der Waals surface area contributed by atoms with Crippen molar-refractivity contribution in [2.24, 2.45) is 0 Å². The topological polar surface area (TPSA) is 58.6 Å². The molecule has 0 aliphatic rings. The zero-order valence-corrected chi connectivity index (χ0v) is 17.7. The first-order valence-electron chi connectivity index (χ1n) is 9.12. The summed E-state index contributed by atoms with van der Waals surface area (Å²) in [6, 6.07) is 10.2. The average Bonchev–Trinajstić information content (AvgIpc) is 2.46. The minimum atomic E-state index is -0.336. The van der Waals surface area contributed by atoms with Crippen LogP contribution in [0.15, 0.2) is 30.3 Å². The molecule has 0 aliphatic carbocycles. The molecule has 0 fully saturated rings. The molecule has 27 heavy (non-hydrogen) atoms. The lowest BCUT2D eigenvalue weighted by Gasteiger charge is -2.23. The van der Waals surface area contributed by atoms with Gasteiger partial charge in [0.2, 0.25) is 0 Å². The predicted molar refractivity (Wildman–Crippen MR) is 114 cm³/mol. The fraction of sp³-hybridized carbons (Fsp3) is 0.667. The molecular weight excluding hydrogens is 342 g/mol. The Morgan fingerprint density at radius 3 is 1.96 bits per heavy atom. The van der Waals surface area contributed by atoms with E-state index in [0.717, 1.165) is 28.5 Å². The number of carbonyl (C=O) groups is 1. The number of hydrogen-bond donors (Lipinski definition) is 2. The smallest absolute Gasteiger partial charge is 0.407 e. The SMILES string of the molecule is C.CC(Cc1ccccc1)NC(=O)OCC[N+](C)(C)C.C[N+](C)(C)CCO. The van der Waals surface area contributed by atoms with Gasteiger partial charge in [-0.3, -0.25) is 0 Å². The molecule has 1 atom stereocenters. The summed E-state index contributed by atoms with van der Waals surface area (Å²) >= 11 is 0. The molecule has 1 unspecified atom stereocenters. The minimum Gasteiger partial charge on any atom is -0.444 e. The number of quaternary nitrogens is 2. The quantitative estimate of drug-likeness (QED) is 0.676. The van der Waals surface area contributed by atoms with E-state index < -0.39 is 0 Å². The molecule has 1 rings (SSSR count). The summed E-state index contributed by atoms with van der Waals surface area (Å²) in [6.07, 6.45) is 0.475. The number of nitrogens with zero attached hydrogens (tertiary/aromatic N) is 2. The summed E-state index contributed by atoms with van der Waals surface area (Å²) in [6.45, 7) is 4.34. The number of rotatable bonds is 8. The molecule has 0 aromatic heterocycles. The highest BCUT2D eigenvalue weighted by Crippen LogP contribution is 2.02. The molecule has 6 nitrogen and oxygen atoms in total. The Morgan fingerprint density at radius 1 is 1.04 bits per heavy atom. The van der Waals surface area contributed by atoms with Crippen LogP contribution in [0.2, 0.25) is 0 Å². The highest BCUT2D eigenvalue weighted by molar-refractivity contribution is 5.67. The van der Waals surface area contributed by atoms with Crippen molar-refractivity contribution in [1.82, 2.24) is 5.32 Å². The third-order valence-corrected chi connectivity index (χ3v) is 3.52. The number of aliphatic hydroxyl groups excluding tert-OH is 1. The van der Waals surface area contributed by atoms with Gasteiger partial charge in [0.25, 0.3) is 0 Å². The summed E-state index contributed by atoms with van der Waals surface area (Å²) in [7, 11) is 12.4. The van der Waals surface area contributed by atoms with Crippen LogP contribution in [0.3, 0.4) is 0 Å². The summed E-state index contributed by atoms with van der Waals surface area (Å²) in [4.78, 5) is 11.6. The fourth-order valence-corrected chi connectivity index (χ4v) is 1.97. The molecule has 0 bridgehead atoms. The molecule has 0 saturated carbocycles. The number of alkyl carbamates (subject to hydrolysis) is 1. The van der Waals surface area contributed by atoms with Crippen LogP contribution in [0.5, 0.6) is 0 Å². The number of hydrogen-bond acceptors (Lipinski definition) is 3. The van der Waals surface area contributed by atoms with E-state index in [4.69, 9.17) is 9.84 Å². The molecule has 1 aromatic rings. The van der Waals surface area contributed by atoms with Crippen molar-refractivity contribution < 1.29 is 23.6 Å². The van der Waals surface area contributed by atoms with Crippen LogP contribution < -0.4 is 5.32 Å². The first-order valence-corrected chi connectivity index (χ1v) is 9.12. The molecule has 0 radical (unpaired) electrons. The highest BCUT2D eigenvalue weighted by Gasteiger charge is 2.11. The van der Waals surface area contributed by atoms with Crippen molar-refractivity contribution in [2.75, 3.05) is 68.6 Å². The maximum Gasteiger partial charge on any atom is 0.407 e. The van der Waals surface area contributed by atoms with Gasteiger partial charge in [-0.2, -0.15) is 0 Å². The third kappa shape index (κ3) is 18.9. The van der Waals surface area contributed by atoms with Gasteiger partial charge < -0.3 is 24.1 Å². The molecule has 158 valence electrons. The van der Waals surface area contributed by atoms with E-state index in [1.165, 1.54) is 5.56 Å². The van der Waals surface area contributed by atoms with Crippen molar-refractivity contribution >= 4 is 6.09 Å². The Morgan fingerprint density at radius 2 is 1.56 bits per heavy atom. The van der Waals surface area contributed by atoms with Crippen molar-refractivity contribution in [3.63, 3.8) is 0 Å². The lowest BCUT2D eigenvalue weighted by atomic mass is 10.1. The van der Waals surface area contributed by atoms with E-state index in [0.29, 0.717) is 6.61 Å². The predicted octanol–water partition coefficient (Wildman–Crippen LogP) is 2.37. The Labute approximate surface area is 166 Å². The molecular formula is C21H43N3O3+2. The lowest BCUT2D eigenvalue weighted by Crippen LogP contribution is -2.40. The number of benzene rings is 1. The second-order valence-corrected chi connectivity index (χ2v) is 8.62. The second kappa shape index (κ2) is 13.5. The van der Waals surface area contributed by atoms with Crippen LogP contribution in [0.25, 0.3) is 0 Å². The molecule has 0 aliphatic heterocycles. The normalized spacial score (nSPS) is 12.1. The Bertz CT molecular complexity index is 494. The van der Waals surface area contributed by atoms with Gasteiger partial charge in [0.1, 0.15) is 19.7 Å². The lowest BCUT2D eigenvalue weighted by molar-refractivity contribution is -0.870. The molecule has 0 saturated heterocycles. The fourth-order valence-electron chi connectivity index (χ4n) is 1.97. The number of aliphatic hydroxyl groups is 1. The zero-order chi connectivity index (χ0) is 20.2. The number of amides is 1. The van der Waals surface area contributed by atoms with E-state index >= 15 is 0 Å². The summed E-state index contributed by atoms with van der Waals surface area (Å²) in [5, 5.41) is 11.2. The van der Waals surface area contributed by atoms with Gasteiger partial charge in [-0.25, -0.2) is 4.79 Å². The van der Waals surface area contributed by atoms with Crippen molar-refractivity contribution in [2.45, 2.75) is 26.8 Å². The molecule has 6 heteroatoms. The van der Waals surface area contributed by atoms with Crippen LogP contribution in [0.4, 0.5) is 4.79 Å². The van der Waals surface area contributed by atoms with Gasteiger partial charge in [0.05, 0.1) is 48.9 Å². The highest BCUT2D eigenvalue weighted by atomic mass is 16.5. The molecule has 1 amide bonds. The number of carbonyl (C=O) groups excluding carboxylic acids is 1. The standard InChI is InChI=1S/C15H24N2O2.C5H14NO.CH4/c1-13(12-14-8-6-5-7-9-14)16-15(18)19-11-10-17(2,3)4;1-6(2,3)4-5-7;/h5-9,13H,10-12H2,1-4H3;7H,4-5H2,1-3H3;1H4/q;+1;/p+1. The second-order valence-electron chi connectivity index (χ2n) is 8.62. The largest absolute Gasteiger partial charge is 0.444 e. The Hall–Kier alpha value is -1.63. The van der Waals surface area contributed by atoms with Crippen LogP contribution in [-0.4, -0.2) is 94.8 Å². The maximum absolute atomic E-state index is 11.6. The average molecular weight is 386 g/mol. The number of ether oxygens (including phenoxy) is 1. The van der Waals surface area contributed by atoms with Gasteiger partial charge >= 0.3 is 6.09 Å². The molecule has 2 N–H and O–H groups in total. The molecule has 1 aromatic carbocycles. The minimum absolute atomic E-state index is 0. The van der Waals surface area contributed by atoms with Crippen molar-refractivity contribution in [1.29, 1.82) is 0 Å². The van der Waals surface area contributed by atoms with Gasteiger partial charge in [-0.1, -0.05) is 37.8 Å². The number of likely N-dealkylation sites (N-methyl/N-ethyl adjacent to an activating group) is 2. The first-order chi connectivity index (χ1) is 11.9. The monoisotopic (exact) mass is 385 g/mol. The molecule has 0 spiro atoms. The zero-order valence-electron chi connectivity index (χ0n) is 17.7. The van der Waals surface area contributed by atoms with Gasteiger partial charge in [-0.05, 0) is 18.9 Å². The summed E-state index contributed by atoms with van der Waals surface area (Å²) in [5.41, 5.74) is 1.21. The van der Waals surface area contributed by atoms with Crippen LogP contribution in [0.1, 0.15) is 19.9 Å². The van der Waals surface area contributed by atoms with Crippen molar-refractivity contribution in [3.8, 4) is 0 Å². The Balaban J connectivity index is 0. The van der Waals surface area contributed by atoms with Crippen molar-refractivity contribution in [3.05, 3.63) is 35.9 Å². The van der Waals surface area contributed by atoms with Gasteiger partial charge in [-0.15, -0.1) is 0 Å².